The number of rotatable bonds is 3. The first-order chi connectivity index (χ1) is 8.00. The van der Waals surface area contributed by atoms with E-state index in [4.69, 9.17) is 5.11 Å². The van der Waals surface area contributed by atoms with E-state index in [0.29, 0.717) is 23.7 Å². The number of carboxylic acids is 1. The van der Waals surface area contributed by atoms with Crippen LogP contribution in [0, 0.1) is 19.8 Å². The Labute approximate surface area is 99.9 Å². The van der Waals surface area contributed by atoms with Crippen molar-refractivity contribution in [2.24, 2.45) is 5.92 Å². The van der Waals surface area contributed by atoms with E-state index in [0.717, 1.165) is 12.8 Å². The second-order valence-corrected chi connectivity index (χ2v) is 4.84. The van der Waals surface area contributed by atoms with Crippen LogP contribution in [0.25, 0.3) is 0 Å². The molecule has 1 aromatic heterocycles. The number of aromatic carboxylic acids is 1. The van der Waals surface area contributed by atoms with Crippen molar-refractivity contribution in [2.45, 2.75) is 39.7 Å². The molecule has 1 saturated carbocycles. The molecular weight excluding hydrogens is 218 g/mol. The van der Waals surface area contributed by atoms with E-state index in [1.54, 1.807) is 18.4 Å². The van der Waals surface area contributed by atoms with Crippen LogP contribution in [-0.2, 0) is 6.54 Å². The summed E-state index contributed by atoms with van der Waals surface area (Å²) in [6.07, 6.45) is 3.50. The van der Waals surface area contributed by atoms with Gasteiger partial charge in [-0.05, 0) is 38.2 Å². The Morgan fingerprint density at radius 2 is 2.12 bits per heavy atom. The van der Waals surface area contributed by atoms with Crippen molar-refractivity contribution in [3.05, 3.63) is 33.2 Å². The SMILES string of the molecule is Cc1cc(=O)n(CC2CCC2)c(C)c1C(=O)O. The Morgan fingerprint density at radius 1 is 1.47 bits per heavy atom. The van der Waals surface area contributed by atoms with E-state index in [1.807, 2.05) is 0 Å². The quantitative estimate of drug-likeness (QED) is 0.871. The number of carbonyl (C=O) groups is 1. The largest absolute Gasteiger partial charge is 0.478 e. The fourth-order valence-electron chi connectivity index (χ4n) is 2.40. The molecule has 0 saturated heterocycles. The minimum atomic E-state index is -0.956. The molecule has 0 amide bonds. The van der Waals surface area contributed by atoms with Crippen molar-refractivity contribution in [3.63, 3.8) is 0 Å². The van der Waals surface area contributed by atoms with Gasteiger partial charge in [-0.25, -0.2) is 4.79 Å². The summed E-state index contributed by atoms with van der Waals surface area (Å²) in [5, 5.41) is 9.15. The molecule has 0 aromatic carbocycles. The summed E-state index contributed by atoms with van der Waals surface area (Å²) in [7, 11) is 0. The van der Waals surface area contributed by atoms with Crippen LogP contribution in [0.1, 0.15) is 40.9 Å². The molecule has 0 radical (unpaired) electrons. The lowest BCUT2D eigenvalue weighted by Gasteiger charge is -2.27. The van der Waals surface area contributed by atoms with Gasteiger partial charge in [-0.2, -0.15) is 0 Å². The molecule has 1 N–H and O–H groups in total. The third-order valence-corrected chi connectivity index (χ3v) is 3.65. The summed E-state index contributed by atoms with van der Waals surface area (Å²) >= 11 is 0. The molecule has 0 spiro atoms. The van der Waals surface area contributed by atoms with Gasteiger partial charge in [-0.1, -0.05) is 6.42 Å². The zero-order chi connectivity index (χ0) is 12.6. The van der Waals surface area contributed by atoms with Crippen molar-refractivity contribution < 1.29 is 9.90 Å². The van der Waals surface area contributed by atoms with E-state index in [1.165, 1.54) is 12.5 Å². The van der Waals surface area contributed by atoms with Gasteiger partial charge in [0, 0.05) is 18.3 Å². The molecule has 1 fully saturated rings. The smallest absolute Gasteiger partial charge is 0.337 e. The Bertz CT molecular complexity index is 512. The van der Waals surface area contributed by atoms with Gasteiger partial charge in [0.2, 0.25) is 0 Å². The number of pyridine rings is 1. The Hall–Kier alpha value is -1.58. The predicted octanol–water partition coefficient (Wildman–Crippen LogP) is 1.96. The maximum absolute atomic E-state index is 11.9. The Morgan fingerprint density at radius 3 is 2.59 bits per heavy atom. The van der Waals surface area contributed by atoms with Crippen LogP contribution in [0.4, 0.5) is 0 Å². The van der Waals surface area contributed by atoms with Gasteiger partial charge in [0.15, 0.2) is 0 Å². The van der Waals surface area contributed by atoms with E-state index in [2.05, 4.69) is 0 Å². The summed E-state index contributed by atoms with van der Waals surface area (Å²) in [4.78, 5) is 23.0. The van der Waals surface area contributed by atoms with E-state index < -0.39 is 5.97 Å². The summed E-state index contributed by atoms with van der Waals surface area (Å²) in [6, 6.07) is 1.43. The Kier molecular flexibility index (Phi) is 3.05. The van der Waals surface area contributed by atoms with Crippen molar-refractivity contribution in [1.82, 2.24) is 4.57 Å². The molecule has 2 rings (SSSR count). The van der Waals surface area contributed by atoms with Crippen molar-refractivity contribution in [2.75, 3.05) is 0 Å². The highest BCUT2D eigenvalue weighted by Gasteiger charge is 2.21. The summed E-state index contributed by atoms with van der Waals surface area (Å²) in [6.45, 7) is 4.05. The monoisotopic (exact) mass is 235 g/mol. The van der Waals surface area contributed by atoms with Gasteiger partial charge < -0.3 is 9.67 Å². The van der Waals surface area contributed by atoms with Gasteiger partial charge >= 0.3 is 5.97 Å². The van der Waals surface area contributed by atoms with Crippen LogP contribution in [0.5, 0.6) is 0 Å². The zero-order valence-electron chi connectivity index (χ0n) is 10.2. The molecule has 0 bridgehead atoms. The first-order valence-electron chi connectivity index (χ1n) is 5.95. The standard InChI is InChI=1S/C13H17NO3/c1-8-6-11(15)14(7-10-4-3-5-10)9(2)12(8)13(16)17/h6,10H,3-5,7H2,1-2H3,(H,16,17). The van der Waals surface area contributed by atoms with Crippen LogP contribution < -0.4 is 5.56 Å². The maximum atomic E-state index is 11.9. The molecule has 1 aliphatic carbocycles. The molecule has 1 aromatic rings. The second-order valence-electron chi connectivity index (χ2n) is 4.84. The lowest BCUT2D eigenvalue weighted by Crippen LogP contribution is -2.30. The third-order valence-electron chi connectivity index (χ3n) is 3.65. The maximum Gasteiger partial charge on any atom is 0.337 e. The van der Waals surface area contributed by atoms with Gasteiger partial charge in [0.1, 0.15) is 0 Å². The van der Waals surface area contributed by atoms with Gasteiger partial charge in [0.05, 0.1) is 5.56 Å². The predicted molar refractivity (Wildman–Crippen MR) is 64.5 cm³/mol. The van der Waals surface area contributed by atoms with E-state index in [9.17, 15) is 9.59 Å². The molecule has 4 nitrogen and oxygen atoms in total. The number of hydrogen-bond acceptors (Lipinski definition) is 2. The fraction of sp³-hybridized carbons (Fsp3) is 0.538. The van der Waals surface area contributed by atoms with Crippen LogP contribution >= 0.6 is 0 Å². The molecule has 92 valence electrons. The average molecular weight is 235 g/mol. The van der Waals surface area contributed by atoms with Gasteiger partial charge in [-0.3, -0.25) is 4.79 Å². The van der Waals surface area contributed by atoms with Crippen LogP contribution in [-0.4, -0.2) is 15.6 Å². The molecule has 1 heterocycles. The first-order valence-corrected chi connectivity index (χ1v) is 5.95. The topological polar surface area (TPSA) is 59.3 Å². The lowest BCUT2D eigenvalue weighted by atomic mass is 9.85. The molecule has 4 heteroatoms. The minimum Gasteiger partial charge on any atom is -0.478 e. The van der Waals surface area contributed by atoms with Crippen LogP contribution in [0.15, 0.2) is 10.9 Å². The molecule has 1 aliphatic rings. The minimum absolute atomic E-state index is 0.0862. The molecule has 0 atom stereocenters. The third kappa shape index (κ3) is 2.12. The molecule has 0 aliphatic heterocycles. The molecular formula is C13H17NO3. The number of nitrogens with zero attached hydrogens (tertiary/aromatic N) is 1. The van der Waals surface area contributed by atoms with Gasteiger partial charge in [0.25, 0.3) is 5.56 Å². The summed E-state index contributed by atoms with van der Waals surface area (Å²) in [5.41, 5.74) is 1.31. The number of carboxylic acid groups (broad SMARTS) is 1. The molecule has 0 unspecified atom stereocenters. The highest BCUT2D eigenvalue weighted by atomic mass is 16.4. The average Bonchev–Trinajstić information content (AvgIpc) is 2.12. The van der Waals surface area contributed by atoms with Gasteiger partial charge in [-0.15, -0.1) is 0 Å². The summed E-state index contributed by atoms with van der Waals surface area (Å²) < 4.78 is 1.61. The van der Waals surface area contributed by atoms with E-state index >= 15 is 0 Å². The highest BCUT2D eigenvalue weighted by Crippen LogP contribution is 2.28. The number of hydrogen-bond donors (Lipinski definition) is 1. The number of aromatic nitrogens is 1. The van der Waals surface area contributed by atoms with Crippen molar-refractivity contribution in [3.8, 4) is 0 Å². The second kappa shape index (κ2) is 4.35. The first kappa shape index (κ1) is 11.9. The van der Waals surface area contributed by atoms with Crippen LogP contribution in [0.2, 0.25) is 0 Å². The normalized spacial score (nSPS) is 15.6. The van der Waals surface area contributed by atoms with Crippen molar-refractivity contribution in [1.29, 1.82) is 0 Å². The molecule has 17 heavy (non-hydrogen) atoms. The van der Waals surface area contributed by atoms with E-state index in [-0.39, 0.29) is 11.1 Å². The Balaban J connectivity index is 2.46. The number of aryl methyl sites for hydroxylation is 1. The fourth-order valence-corrected chi connectivity index (χ4v) is 2.40. The zero-order valence-corrected chi connectivity index (χ0v) is 10.2. The summed E-state index contributed by atoms with van der Waals surface area (Å²) in [5.74, 6) is -0.418. The highest BCUT2D eigenvalue weighted by molar-refractivity contribution is 5.90. The van der Waals surface area contributed by atoms with Crippen LogP contribution in [0.3, 0.4) is 0 Å². The lowest BCUT2D eigenvalue weighted by molar-refractivity contribution is 0.0693. The van der Waals surface area contributed by atoms with Crippen molar-refractivity contribution >= 4 is 5.97 Å².